The summed E-state index contributed by atoms with van der Waals surface area (Å²) in [7, 11) is 0. The first-order valence-corrected chi connectivity index (χ1v) is 10.0. The molecular formula is C21H33FO. The van der Waals surface area contributed by atoms with Gasteiger partial charge in [0, 0.05) is 5.92 Å². The van der Waals surface area contributed by atoms with Crippen LogP contribution in [0.4, 0.5) is 4.39 Å². The van der Waals surface area contributed by atoms with Crippen LogP contribution in [0.2, 0.25) is 0 Å². The number of rotatable bonds is 1. The van der Waals surface area contributed by atoms with Crippen LogP contribution in [0.25, 0.3) is 0 Å². The zero-order valence-corrected chi connectivity index (χ0v) is 15.1. The molecule has 0 aromatic rings. The van der Waals surface area contributed by atoms with Gasteiger partial charge in [-0.15, -0.1) is 0 Å². The van der Waals surface area contributed by atoms with Crippen LogP contribution in [0.3, 0.4) is 0 Å². The van der Waals surface area contributed by atoms with E-state index in [0.717, 1.165) is 43.4 Å². The third kappa shape index (κ3) is 2.19. The first kappa shape index (κ1) is 16.1. The Hall–Kier alpha value is -0.400. The van der Waals surface area contributed by atoms with E-state index in [1.807, 2.05) is 6.92 Å². The van der Waals surface area contributed by atoms with E-state index < -0.39 is 6.17 Å². The van der Waals surface area contributed by atoms with Crippen molar-refractivity contribution in [2.75, 3.05) is 0 Å². The molecule has 0 bridgehead atoms. The minimum Gasteiger partial charge on any atom is -0.300 e. The molecule has 1 nitrogen and oxygen atoms in total. The van der Waals surface area contributed by atoms with Crippen molar-refractivity contribution >= 4 is 5.78 Å². The standard InChI is InChI=1S/C21H33FO/c1-13(23)17-6-7-18-16-5-4-14-12-15(22)8-10-20(14,2)19(16)9-11-21(17,18)3/h14-19H,4-12H2,1-3H3/t14-,15-,16+,17-,18+,19+,20+,21-/m1/s1. The molecule has 0 amide bonds. The van der Waals surface area contributed by atoms with Crippen LogP contribution in [0.1, 0.15) is 78.6 Å². The second kappa shape index (κ2) is 5.30. The number of hydrogen-bond acceptors (Lipinski definition) is 1. The number of Topliss-reactive ketones (excluding diaryl/α,β-unsaturated/α-hetero) is 1. The fraction of sp³-hybridized carbons (Fsp3) is 0.952. The highest BCUT2D eigenvalue weighted by Crippen LogP contribution is 2.67. The van der Waals surface area contributed by atoms with Crippen molar-refractivity contribution in [1.29, 1.82) is 0 Å². The molecule has 4 fully saturated rings. The molecule has 4 saturated carbocycles. The van der Waals surface area contributed by atoms with Gasteiger partial charge < -0.3 is 0 Å². The first-order chi connectivity index (χ1) is 10.9. The van der Waals surface area contributed by atoms with Gasteiger partial charge >= 0.3 is 0 Å². The van der Waals surface area contributed by atoms with E-state index in [-0.39, 0.29) is 5.41 Å². The minimum absolute atomic E-state index is 0.257. The van der Waals surface area contributed by atoms with Crippen LogP contribution in [0.15, 0.2) is 0 Å². The second-order valence-corrected chi connectivity index (χ2v) is 9.81. The van der Waals surface area contributed by atoms with Gasteiger partial charge in [-0.25, -0.2) is 4.39 Å². The van der Waals surface area contributed by atoms with Crippen LogP contribution in [-0.2, 0) is 4.79 Å². The van der Waals surface area contributed by atoms with E-state index >= 15 is 0 Å². The fourth-order valence-electron chi connectivity index (χ4n) is 7.87. The first-order valence-electron chi connectivity index (χ1n) is 10.0. The Bertz CT molecular complexity index is 502. The van der Waals surface area contributed by atoms with Crippen molar-refractivity contribution in [3.05, 3.63) is 0 Å². The summed E-state index contributed by atoms with van der Waals surface area (Å²) < 4.78 is 13.9. The molecule has 4 aliphatic carbocycles. The smallest absolute Gasteiger partial charge is 0.133 e. The number of fused-ring (bicyclic) bond motifs is 5. The zero-order valence-electron chi connectivity index (χ0n) is 15.1. The maximum atomic E-state index is 13.9. The molecule has 4 aliphatic rings. The van der Waals surface area contributed by atoms with Gasteiger partial charge in [0.2, 0.25) is 0 Å². The average Bonchev–Trinajstić information content (AvgIpc) is 2.85. The van der Waals surface area contributed by atoms with E-state index in [4.69, 9.17) is 0 Å². The number of alkyl halides is 1. The maximum Gasteiger partial charge on any atom is 0.133 e. The van der Waals surface area contributed by atoms with Crippen LogP contribution in [0, 0.1) is 40.4 Å². The van der Waals surface area contributed by atoms with Crippen molar-refractivity contribution in [2.45, 2.75) is 84.7 Å². The molecule has 8 atom stereocenters. The summed E-state index contributed by atoms with van der Waals surface area (Å²) in [5.74, 6) is 3.68. The quantitative estimate of drug-likeness (QED) is 0.617. The summed E-state index contributed by atoms with van der Waals surface area (Å²) >= 11 is 0. The molecule has 130 valence electrons. The van der Waals surface area contributed by atoms with E-state index in [9.17, 15) is 9.18 Å². The summed E-state index contributed by atoms with van der Waals surface area (Å²) in [5.41, 5.74) is 0.634. The van der Waals surface area contributed by atoms with Crippen molar-refractivity contribution < 1.29 is 9.18 Å². The van der Waals surface area contributed by atoms with Crippen molar-refractivity contribution in [1.82, 2.24) is 0 Å². The van der Waals surface area contributed by atoms with E-state index in [0.29, 0.717) is 23.0 Å². The molecule has 4 rings (SSSR count). The monoisotopic (exact) mass is 320 g/mol. The third-order valence-corrected chi connectivity index (χ3v) is 9.09. The van der Waals surface area contributed by atoms with Crippen molar-refractivity contribution in [2.24, 2.45) is 40.4 Å². The molecule has 0 heterocycles. The normalized spacial score (nSPS) is 55.7. The zero-order chi connectivity index (χ0) is 16.4. The largest absolute Gasteiger partial charge is 0.300 e. The van der Waals surface area contributed by atoms with Crippen molar-refractivity contribution in [3.8, 4) is 0 Å². The van der Waals surface area contributed by atoms with E-state index in [2.05, 4.69) is 13.8 Å². The van der Waals surface area contributed by atoms with E-state index in [1.54, 1.807) is 0 Å². The summed E-state index contributed by atoms with van der Waals surface area (Å²) in [6, 6.07) is 0. The summed E-state index contributed by atoms with van der Waals surface area (Å²) in [5, 5.41) is 0. The highest BCUT2D eigenvalue weighted by molar-refractivity contribution is 5.79. The van der Waals surface area contributed by atoms with Gasteiger partial charge in [-0.2, -0.15) is 0 Å². The molecule has 0 N–H and O–H groups in total. The SMILES string of the molecule is CC(=O)[C@H]1CC[C@H]2[C@@H]3CC[C@@H]4C[C@H](F)CC[C@]4(C)[C@H]3CC[C@]12C. The maximum absolute atomic E-state index is 13.9. The number of carbonyl (C=O) groups excluding carboxylic acids is 1. The predicted octanol–water partition coefficient (Wildman–Crippen LogP) is 5.57. The van der Waals surface area contributed by atoms with Crippen molar-refractivity contribution in [3.63, 3.8) is 0 Å². The Morgan fingerprint density at radius 1 is 0.913 bits per heavy atom. The molecule has 0 aliphatic heterocycles. The molecular weight excluding hydrogens is 287 g/mol. The Kier molecular flexibility index (Phi) is 3.71. The van der Waals surface area contributed by atoms with Crippen LogP contribution >= 0.6 is 0 Å². The number of carbonyl (C=O) groups is 1. The molecule has 2 heteroatoms. The lowest BCUT2D eigenvalue weighted by Gasteiger charge is -2.60. The predicted molar refractivity (Wildman–Crippen MR) is 90.8 cm³/mol. The lowest BCUT2D eigenvalue weighted by atomic mass is 9.44. The molecule has 0 saturated heterocycles. The van der Waals surface area contributed by atoms with Gasteiger partial charge in [0.15, 0.2) is 0 Å². The molecule has 0 unspecified atom stereocenters. The molecule has 23 heavy (non-hydrogen) atoms. The summed E-state index contributed by atoms with van der Waals surface area (Å²) in [6.45, 7) is 6.71. The summed E-state index contributed by atoms with van der Waals surface area (Å²) in [4.78, 5) is 12.2. The van der Waals surface area contributed by atoms with Gasteiger partial charge in [0.25, 0.3) is 0 Å². The van der Waals surface area contributed by atoms with Crippen LogP contribution in [0.5, 0.6) is 0 Å². The minimum atomic E-state index is -0.549. The van der Waals surface area contributed by atoms with E-state index in [1.165, 1.54) is 32.1 Å². The molecule has 0 aromatic carbocycles. The fourth-order valence-corrected chi connectivity index (χ4v) is 7.87. The van der Waals surface area contributed by atoms with Gasteiger partial charge in [-0.3, -0.25) is 4.79 Å². The van der Waals surface area contributed by atoms with Crippen LogP contribution in [-0.4, -0.2) is 12.0 Å². The second-order valence-electron chi connectivity index (χ2n) is 9.81. The molecule has 0 aromatic heterocycles. The lowest BCUT2D eigenvalue weighted by molar-refractivity contribution is -0.135. The lowest BCUT2D eigenvalue weighted by Crippen LogP contribution is -2.54. The Balaban J connectivity index is 1.61. The topological polar surface area (TPSA) is 17.1 Å². The molecule has 0 radical (unpaired) electrons. The van der Waals surface area contributed by atoms with Gasteiger partial charge in [0.1, 0.15) is 12.0 Å². The molecule has 0 spiro atoms. The van der Waals surface area contributed by atoms with Crippen LogP contribution < -0.4 is 0 Å². The highest BCUT2D eigenvalue weighted by Gasteiger charge is 2.60. The number of hydrogen-bond donors (Lipinski definition) is 0. The average molecular weight is 320 g/mol. The Morgan fingerprint density at radius 3 is 2.35 bits per heavy atom. The van der Waals surface area contributed by atoms with Gasteiger partial charge in [0.05, 0.1) is 0 Å². The third-order valence-electron chi connectivity index (χ3n) is 9.09. The van der Waals surface area contributed by atoms with Gasteiger partial charge in [-0.1, -0.05) is 13.8 Å². The number of ketones is 1. The van der Waals surface area contributed by atoms with Gasteiger partial charge in [-0.05, 0) is 99.2 Å². The Morgan fingerprint density at radius 2 is 1.61 bits per heavy atom. The highest BCUT2D eigenvalue weighted by atomic mass is 19.1. The Labute approximate surface area is 140 Å². The number of halogens is 1. The summed E-state index contributed by atoms with van der Waals surface area (Å²) in [6.07, 6.45) is 9.56.